The van der Waals surface area contributed by atoms with Crippen LogP contribution in [-0.4, -0.2) is 44.1 Å². The average molecular weight is 458 g/mol. The second-order valence-corrected chi connectivity index (χ2v) is 7.80. The Bertz CT molecular complexity index is 919. The molecule has 2 atom stereocenters. The monoisotopic (exact) mass is 458 g/mol. The molecule has 3 heterocycles. The second-order valence-electron chi connectivity index (χ2n) is 6.65. The zero-order valence-corrected chi connectivity index (χ0v) is 16.2. The van der Waals surface area contributed by atoms with Crippen LogP contribution in [0.3, 0.4) is 0 Å². The quantitative estimate of drug-likeness (QED) is 0.575. The van der Waals surface area contributed by atoms with E-state index in [-0.39, 0.29) is 17.9 Å². The molecule has 2 aromatic rings. The Morgan fingerprint density at radius 3 is 2.57 bits per heavy atom. The van der Waals surface area contributed by atoms with Crippen molar-refractivity contribution in [3.8, 4) is 17.5 Å². The Labute approximate surface area is 170 Å². The van der Waals surface area contributed by atoms with E-state index in [1.807, 2.05) is 0 Å². The number of hydrogen-bond acceptors (Lipinski definition) is 8. The molecule has 14 heteroatoms. The summed E-state index contributed by atoms with van der Waals surface area (Å²) in [5, 5.41) is 16.9. The highest BCUT2D eigenvalue weighted by Crippen LogP contribution is 2.44. The molecule has 1 aliphatic heterocycles. The summed E-state index contributed by atoms with van der Waals surface area (Å²) in [5.74, 6) is -2.28. The number of rotatable bonds is 0. The van der Waals surface area contributed by atoms with E-state index in [0.717, 1.165) is 11.8 Å². The van der Waals surface area contributed by atoms with Gasteiger partial charge in [-0.05, 0) is 31.6 Å². The highest BCUT2D eigenvalue weighted by Gasteiger charge is 2.58. The minimum atomic E-state index is -5.13. The van der Waals surface area contributed by atoms with Crippen LogP contribution in [-0.2, 0) is 11.8 Å². The van der Waals surface area contributed by atoms with Crippen LogP contribution < -0.4 is 10.5 Å². The molecule has 0 spiro atoms. The Balaban J connectivity index is 2.17. The van der Waals surface area contributed by atoms with Crippen molar-refractivity contribution in [3.05, 3.63) is 17.5 Å². The smallest absolute Gasteiger partial charge is 0.426 e. The van der Waals surface area contributed by atoms with Crippen molar-refractivity contribution in [2.24, 2.45) is 0 Å². The van der Waals surface area contributed by atoms with Crippen LogP contribution in [0.1, 0.15) is 31.2 Å². The zero-order chi connectivity index (χ0) is 22.3. The van der Waals surface area contributed by atoms with Crippen LogP contribution in [0.4, 0.5) is 32.0 Å². The number of halogens is 6. The van der Waals surface area contributed by atoms with Gasteiger partial charge in [-0.1, -0.05) is 0 Å². The summed E-state index contributed by atoms with van der Waals surface area (Å²) < 4.78 is 91.0. The van der Waals surface area contributed by atoms with Crippen molar-refractivity contribution in [3.63, 3.8) is 0 Å². The number of aliphatic hydroxyl groups is 1. The molecule has 0 unspecified atom stereocenters. The van der Waals surface area contributed by atoms with Gasteiger partial charge in [0.25, 0.3) is 11.8 Å². The van der Waals surface area contributed by atoms with Crippen LogP contribution in [0.15, 0.2) is 10.5 Å². The zero-order valence-electron chi connectivity index (χ0n) is 15.3. The third-order valence-corrected chi connectivity index (χ3v) is 5.55. The van der Waals surface area contributed by atoms with Gasteiger partial charge < -0.3 is 20.0 Å². The van der Waals surface area contributed by atoms with Gasteiger partial charge in [0.05, 0.1) is 5.69 Å². The minimum Gasteiger partial charge on any atom is -0.473 e. The molecular formula is C16H16F6N4O3S. The van der Waals surface area contributed by atoms with Gasteiger partial charge in [0.15, 0.2) is 5.69 Å². The Kier molecular flexibility index (Phi) is 5.84. The molecular weight excluding hydrogens is 442 g/mol. The topological polar surface area (TPSA) is 107 Å². The van der Waals surface area contributed by atoms with E-state index in [2.05, 4.69) is 15.2 Å². The largest absolute Gasteiger partial charge is 0.473 e. The lowest BCUT2D eigenvalue weighted by molar-refractivity contribution is -0.277. The highest BCUT2D eigenvalue weighted by atomic mass is 32.2. The first-order valence-corrected chi connectivity index (χ1v) is 9.74. The SMILES string of the molecule is C[C@@H]1CSCCC[C@](O)(C(F)(F)F)c2nnc(o2)-c2nc(c(C(F)(F)F)cc2N)O1. The van der Waals surface area contributed by atoms with Crippen molar-refractivity contribution in [2.75, 3.05) is 17.2 Å². The number of ether oxygens (including phenoxy) is 1. The van der Waals surface area contributed by atoms with Gasteiger partial charge in [-0.25, -0.2) is 4.98 Å². The molecule has 30 heavy (non-hydrogen) atoms. The van der Waals surface area contributed by atoms with E-state index in [9.17, 15) is 31.4 Å². The lowest BCUT2D eigenvalue weighted by atomic mass is 9.97. The Morgan fingerprint density at radius 2 is 1.93 bits per heavy atom. The fraction of sp³-hybridized carbons (Fsp3) is 0.562. The summed E-state index contributed by atoms with van der Waals surface area (Å²) in [7, 11) is 0. The highest BCUT2D eigenvalue weighted by molar-refractivity contribution is 7.99. The summed E-state index contributed by atoms with van der Waals surface area (Å²) in [5.41, 5.74) is -0.0996. The molecule has 0 aliphatic carbocycles. The molecule has 3 rings (SSSR count). The third kappa shape index (κ3) is 4.29. The predicted octanol–water partition coefficient (Wildman–Crippen LogP) is 3.78. The molecule has 0 fully saturated rings. The fourth-order valence-electron chi connectivity index (χ4n) is 2.74. The van der Waals surface area contributed by atoms with Crippen LogP contribution in [0.5, 0.6) is 5.88 Å². The van der Waals surface area contributed by atoms with Crippen molar-refractivity contribution in [2.45, 2.75) is 43.8 Å². The second kappa shape index (κ2) is 7.80. The van der Waals surface area contributed by atoms with Gasteiger partial charge in [0, 0.05) is 5.75 Å². The summed E-state index contributed by atoms with van der Waals surface area (Å²) in [4.78, 5) is 3.70. The van der Waals surface area contributed by atoms with E-state index in [1.54, 1.807) is 0 Å². The van der Waals surface area contributed by atoms with E-state index in [0.29, 0.717) is 6.07 Å². The van der Waals surface area contributed by atoms with Gasteiger partial charge in [0.1, 0.15) is 11.7 Å². The first-order valence-electron chi connectivity index (χ1n) is 8.58. The number of nitrogen functional groups attached to an aromatic ring is 1. The van der Waals surface area contributed by atoms with E-state index >= 15 is 0 Å². The lowest BCUT2D eigenvalue weighted by Crippen LogP contribution is -2.42. The number of nitrogens with two attached hydrogens (primary N) is 1. The van der Waals surface area contributed by atoms with Crippen LogP contribution >= 0.6 is 11.8 Å². The number of aromatic nitrogens is 3. The van der Waals surface area contributed by atoms with Crippen molar-refractivity contribution < 1.29 is 40.6 Å². The van der Waals surface area contributed by atoms with Crippen LogP contribution in [0, 0.1) is 0 Å². The first kappa shape index (κ1) is 22.5. The van der Waals surface area contributed by atoms with Crippen LogP contribution in [0.2, 0.25) is 0 Å². The maximum Gasteiger partial charge on any atom is 0.426 e. The number of pyridine rings is 1. The molecule has 0 aromatic carbocycles. The average Bonchev–Trinajstić information content (AvgIpc) is 3.10. The van der Waals surface area contributed by atoms with Crippen molar-refractivity contribution in [1.82, 2.24) is 15.2 Å². The number of nitrogens with zero attached hydrogens (tertiary/aromatic N) is 3. The van der Waals surface area contributed by atoms with Gasteiger partial charge in [0.2, 0.25) is 11.5 Å². The molecule has 0 saturated carbocycles. The van der Waals surface area contributed by atoms with Crippen molar-refractivity contribution in [1.29, 1.82) is 0 Å². The molecule has 1 aliphatic rings. The number of fused-ring (bicyclic) bond motifs is 5. The number of alkyl halides is 6. The molecule has 4 bridgehead atoms. The molecule has 0 radical (unpaired) electrons. The summed E-state index contributed by atoms with van der Waals surface area (Å²) in [6.07, 6.45) is -11.5. The lowest BCUT2D eigenvalue weighted by Gasteiger charge is -2.27. The van der Waals surface area contributed by atoms with E-state index in [4.69, 9.17) is 14.9 Å². The summed E-state index contributed by atoms with van der Waals surface area (Å²) >= 11 is 1.15. The van der Waals surface area contributed by atoms with E-state index < -0.39 is 65.1 Å². The van der Waals surface area contributed by atoms with Crippen molar-refractivity contribution >= 4 is 17.4 Å². The number of thioether (sulfide) groups is 1. The molecule has 3 N–H and O–H groups in total. The standard InChI is InChI=1S/C16H16F6N4O3S/c1-7-6-30-4-2-3-14(27,16(20,21)22)13-26-25-12(29-13)10-9(23)5-8(15(17,18)19)11(24-10)28-7/h5,7,27H,2-4,6,23H2,1H3/t7-,14-/m1/s1. The Hall–Kier alpha value is -2.22. The number of hydrogen-bond donors (Lipinski definition) is 2. The Morgan fingerprint density at radius 1 is 1.23 bits per heavy atom. The van der Waals surface area contributed by atoms with Gasteiger partial charge in [-0.2, -0.15) is 38.1 Å². The maximum absolute atomic E-state index is 13.5. The first-order chi connectivity index (χ1) is 13.8. The van der Waals surface area contributed by atoms with Gasteiger partial charge in [-0.3, -0.25) is 0 Å². The molecule has 0 amide bonds. The number of anilines is 1. The van der Waals surface area contributed by atoms with Crippen LogP contribution in [0.25, 0.3) is 11.6 Å². The molecule has 7 nitrogen and oxygen atoms in total. The van der Waals surface area contributed by atoms with E-state index in [1.165, 1.54) is 6.92 Å². The summed E-state index contributed by atoms with van der Waals surface area (Å²) in [6, 6.07) is 0.531. The van der Waals surface area contributed by atoms with Gasteiger partial charge in [-0.15, -0.1) is 10.2 Å². The molecule has 166 valence electrons. The maximum atomic E-state index is 13.5. The fourth-order valence-corrected chi connectivity index (χ4v) is 3.65. The molecule has 0 saturated heterocycles. The third-order valence-electron chi connectivity index (χ3n) is 4.27. The summed E-state index contributed by atoms with van der Waals surface area (Å²) in [6.45, 7) is 1.49. The molecule has 2 aromatic heterocycles. The van der Waals surface area contributed by atoms with Gasteiger partial charge >= 0.3 is 12.4 Å². The minimum absolute atomic E-state index is 0.0788. The normalized spacial score (nSPS) is 23.5. The predicted molar refractivity (Wildman–Crippen MR) is 93.5 cm³/mol.